The largest absolute Gasteiger partial charge is 0.366 e. The summed E-state index contributed by atoms with van der Waals surface area (Å²) in [6.45, 7) is 2.82. The van der Waals surface area contributed by atoms with Gasteiger partial charge in [0.15, 0.2) is 0 Å². The number of nitrogens with one attached hydrogen (secondary N) is 2. The quantitative estimate of drug-likeness (QED) is 0.793. The molecule has 1 saturated heterocycles. The van der Waals surface area contributed by atoms with Crippen molar-refractivity contribution in [3.63, 3.8) is 0 Å². The molecule has 0 bridgehead atoms. The van der Waals surface area contributed by atoms with Crippen molar-refractivity contribution in [1.29, 1.82) is 0 Å². The summed E-state index contributed by atoms with van der Waals surface area (Å²) in [6.07, 6.45) is 2.51. The summed E-state index contributed by atoms with van der Waals surface area (Å²) >= 11 is 5.88. The van der Waals surface area contributed by atoms with Gasteiger partial charge in [-0.2, -0.15) is 0 Å². The fraction of sp³-hybridized carbons (Fsp3) is 0.429. The zero-order chi connectivity index (χ0) is 14.8. The van der Waals surface area contributed by atoms with Gasteiger partial charge in [0.2, 0.25) is 11.8 Å². The number of primary amides is 1. The van der Waals surface area contributed by atoms with Crippen LogP contribution in [0.15, 0.2) is 18.2 Å². The Morgan fingerprint density at radius 1 is 1.50 bits per heavy atom. The van der Waals surface area contributed by atoms with Gasteiger partial charge in [-0.1, -0.05) is 18.5 Å². The number of benzene rings is 1. The molecule has 0 saturated carbocycles. The van der Waals surface area contributed by atoms with Crippen LogP contribution in [-0.4, -0.2) is 23.9 Å². The van der Waals surface area contributed by atoms with Crippen LogP contribution in [0.5, 0.6) is 0 Å². The Hall–Kier alpha value is -1.59. The number of rotatable bonds is 4. The smallest absolute Gasteiger partial charge is 0.250 e. The van der Waals surface area contributed by atoms with Gasteiger partial charge in [-0.3, -0.25) is 9.59 Å². The number of hydrogen-bond donors (Lipinski definition) is 3. The van der Waals surface area contributed by atoms with E-state index in [0.717, 1.165) is 25.8 Å². The molecule has 6 heteroatoms. The highest BCUT2D eigenvalue weighted by molar-refractivity contribution is 6.34. The monoisotopic (exact) mass is 295 g/mol. The highest BCUT2D eigenvalue weighted by atomic mass is 35.5. The van der Waals surface area contributed by atoms with Crippen LogP contribution in [0.2, 0.25) is 5.02 Å². The van der Waals surface area contributed by atoms with Crippen molar-refractivity contribution >= 4 is 29.1 Å². The van der Waals surface area contributed by atoms with Crippen LogP contribution in [0.3, 0.4) is 0 Å². The molecule has 1 atom stereocenters. The Bertz CT molecular complexity index is 539. The fourth-order valence-electron chi connectivity index (χ4n) is 2.50. The molecule has 1 heterocycles. The van der Waals surface area contributed by atoms with Crippen molar-refractivity contribution in [3.05, 3.63) is 28.8 Å². The maximum atomic E-state index is 12.4. The van der Waals surface area contributed by atoms with Crippen LogP contribution >= 0.6 is 11.6 Å². The Labute approximate surface area is 122 Å². The molecular weight excluding hydrogens is 278 g/mol. The molecule has 108 valence electrons. The highest BCUT2D eigenvalue weighted by Gasteiger charge is 2.39. The predicted molar refractivity (Wildman–Crippen MR) is 78.9 cm³/mol. The van der Waals surface area contributed by atoms with Crippen LogP contribution in [0.4, 0.5) is 5.69 Å². The van der Waals surface area contributed by atoms with E-state index < -0.39 is 11.4 Å². The van der Waals surface area contributed by atoms with Crippen molar-refractivity contribution in [2.45, 2.75) is 31.7 Å². The molecule has 2 amide bonds. The summed E-state index contributed by atoms with van der Waals surface area (Å²) in [7, 11) is 0. The SMILES string of the molecule is CCC1(C(=O)Nc2ccc(Cl)c(C(N)=O)c2)CCCN1. The first-order valence-electron chi connectivity index (χ1n) is 6.64. The minimum atomic E-state index is -0.615. The topological polar surface area (TPSA) is 84.2 Å². The zero-order valence-electron chi connectivity index (χ0n) is 11.3. The number of carbonyl (C=O) groups excluding carboxylic acids is 2. The summed E-state index contributed by atoms with van der Waals surface area (Å²) in [4.78, 5) is 23.7. The first-order chi connectivity index (χ1) is 9.48. The molecule has 0 radical (unpaired) electrons. The van der Waals surface area contributed by atoms with Gasteiger partial charge in [0.1, 0.15) is 0 Å². The lowest BCUT2D eigenvalue weighted by atomic mass is 9.93. The number of nitrogens with two attached hydrogens (primary N) is 1. The molecule has 1 aromatic carbocycles. The van der Waals surface area contributed by atoms with Crippen molar-refractivity contribution in [2.75, 3.05) is 11.9 Å². The van der Waals surface area contributed by atoms with E-state index in [-0.39, 0.29) is 16.5 Å². The lowest BCUT2D eigenvalue weighted by Crippen LogP contribution is -2.50. The Morgan fingerprint density at radius 3 is 2.80 bits per heavy atom. The first kappa shape index (κ1) is 14.8. The Kier molecular flexibility index (Phi) is 4.30. The van der Waals surface area contributed by atoms with Crippen LogP contribution in [0.1, 0.15) is 36.5 Å². The van der Waals surface area contributed by atoms with Crippen LogP contribution in [0.25, 0.3) is 0 Å². The van der Waals surface area contributed by atoms with Gasteiger partial charge >= 0.3 is 0 Å². The molecule has 1 unspecified atom stereocenters. The molecule has 0 aromatic heterocycles. The number of hydrogen-bond acceptors (Lipinski definition) is 3. The Morgan fingerprint density at radius 2 is 2.25 bits per heavy atom. The van der Waals surface area contributed by atoms with Crippen LogP contribution in [-0.2, 0) is 4.79 Å². The van der Waals surface area contributed by atoms with Gasteiger partial charge in [-0.25, -0.2) is 0 Å². The van der Waals surface area contributed by atoms with Gasteiger partial charge < -0.3 is 16.4 Å². The van der Waals surface area contributed by atoms with E-state index in [4.69, 9.17) is 17.3 Å². The van der Waals surface area contributed by atoms with E-state index in [9.17, 15) is 9.59 Å². The van der Waals surface area contributed by atoms with Gasteiger partial charge in [-0.15, -0.1) is 0 Å². The average Bonchev–Trinajstić information content (AvgIpc) is 2.90. The minimum Gasteiger partial charge on any atom is -0.366 e. The predicted octanol–water partition coefficient (Wildman–Crippen LogP) is 1.91. The molecule has 1 aromatic rings. The van der Waals surface area contributed by atoms with E-state index in [2.05, 4.69) is 10.6 Å². The second-order valence-corrected chi connectivity index (χ2v) is 5.39. The maximum Gasteiger partial charge on any atom is 0.250 e. The van der Waals surface area contributed by atoms with E-state index in [1.165, 1.54) is 6.07 Å². The number of carbonyl (C=O) groups is 2. The van der Waals surface area contributed by atoms with E-state index in [1.54, 1.807) is 12.1 Å². The summed E-state index contributed by atoms with van der Waals surface area (Å²) in [5, 5.41) is 6.37. The van der Waals surface area contributed by atoms with E-state index >= 15 is 0 Å². The lowest BCUT2D eigenvalue weighted by Gasteiger charge is -2.26. The maximum absolute atomic E-state index is 12.4. The van der Waals surface area contributed by atoms with Crippen LogP contribution in [0, 0.1) is 0 Å². The molecule has 2 rings (SSSR count). The number of halogens is 1. The second-order valence-electron chi connectivity index (χ2n) is 4.98. The molecule has 0 aliphatic carbocycles. The molecule has 4 N–H and O–H groups in total. The van der Waals surface area contributed by atoms with Crippen molar-refractivity contribution in [1.82, 2.24) is 5.32 Å². The minimum absolute atomic E-state index is 0.0877. The molecular formula is C14H18ClN3O2. The summed E-state index contributed by atoms with van der Waals surface area (Å²) in [5.41, 5.74) is 5.44. The average molecular weight is 296 g/mol. The molecule has 1 aliphatic heterocycles. The molecule has 1 aliphatic rings. The first-order valence-corrected chi connectivity index (χ1v) is 7.02. The summed E-state index contributed by atoms with van der Waals surface area (Å²) in [5.74, 6) is -0.703. The zero-order valence-corrected chi connectivity index (χ0v) is 12.1. The standard InChI is InChI=1S/C14H18ClN3O2/c1-2-14(6-3-7-17-14)13(20)18-9-4-5-11(15)10(8-9)12(16)19/h4-5,8,17H,2-3,6-7H2,1H3,(H2,16,19)(H,18,20). The highest BCUT2D eigenvalue weighted by Crippen LogP contribution is 2.26. The molecule has 5 nitrogen and oxygen atoms in total. The van der Waals surface area contributed by atoms with Gasteiger partial charge in [0, 0.05) is 5.69 Å². The van der Waals surface area contributed by atoms with Gasteiger partial charge in [0.25, 0.3) is 0 Å². The van der Waals surface area contributed by atoms with Crippen molar-refractivity contribution in [3.8, 4) is 0 Å². The fourth-order valence-corrected chi connectivity index (χ4v) is 2.72. The van der Waals surface area contributed by atoms with Crippen molar-refractivity contribution < 1.29 is 9.59 Å². The van der Waals surface area contributed by atoms with E-state index in [1.807, 2.05) is 6.92 Å². The molecule has 0 spiro atoms. The van der Waals surface area contributed by atoms with Gasteiger partial charge in [-0.05, 0) is 44.0 Å². The van der Waals surface area contributed by atoms with Crippen LogP contribution < -0.4 is 16.4 Å². The lowest BCUT2D eigenvalue weighted by molar-refractivity contribution is -0.122. The third kappa shape index (κ3) is 2.78. The summed E-state index contributed by atoms with van der Waals surface area (Å²) < 4.78 is 0. The third-order valence-electron chi connectivity index (χ3n) is 3.77. The Balaban J connectivity index is 2.19. The second kappa shape index (κ2) is 5.81. The molecule has 1 fully saturated rings. The van der Waals surface area contributed by atoms with Gasteiger partial charge in [0.05, 0.1) is 16.1 Å². The van der Waals surface area contributed by atoms with E-state index in [0.29, 0.717) is 5.69 Å². The summed E-state index contributed by atoms with van der Waals surface area (Å²) in [6, 6.07) is 4.71. The molecule has 20 heavy (non-hydrogen) atoms. The number of amides is 2. The normalized spacial score (nSPS) is 21.7. The third-order valence-corrected chi connectivity index (χ3v) is 4.10. The van der Waals surface area contributed by atoms with Crippen molar-refractivity contribution in [2.24, 2.45) is 5.73 Å². The number of anilines is 1.